The van der Waals surface area contributed by atoms with E-state index in [1.54, 1.807) is 14.0 Å². The highest BCUT2D eigenvalue weighted by Gasteiger charge is 2.43. The first kappa shape index (κ1) is 36.9. The molecule has 2 saturated heterocycles. The molecule has 2 aliphatic heterocycles. The lowest BCUT2D eigenvalue weighted by molar-refractivity contribution is -0.230. The average molecular weight is 608 g/mol. The predicted octanol–water partition coefficient (Wildman–Crippen LogP) is -2.97. The number of likely N-dealkylation sites (N-methyl/N-ethyl adjacent to an activating group) is 1. The molecule has 0 saturated carbocycles. The van der Waals surface area contributed by atoms with Crippen molar-refractivity contribution in [2.24, 2.45) is 0 Å². The average Bonchev–Trinajstić information content (AvgIpc) is 2.97. The van der Waals surface area contributed by atoms with Crippen molar-refractivity contribution in [3.8, 4) is 0 Å². The van der Waals surface area contributed by atoms with Gasteiger partial charge in [-0.1, -0.05) is 6.42 Å². The van der Waals surface area contributed by atoms with Gasteiger partial charge in [-0.25, -0.2) is 0 Å². The molecule has 14 heteroatoms. The lowest BCUT2D eigenvalue weighted by Gasteiger charge is -2.40. The zero-order valence-corrected chi connectivity index (χ0v) is 24.9. The summed E-state index contributed by atoms with van der Waals surface area (Å²) in [6.07, 6.45) is -5.81. The summed E-state index contributed by atoms with van der Waals surface area (Å²) in [6.45, 7) is 3.41. The van der Waals surface area contributed by atoms with E-state index in [0.717, 1.165) is 19.4 Å². The molecule has 0 bridgehead atoms. The second-order valence-corrected chi connectivity index (χ2v) is 11.5. The van der Waals surface area contributed by atoms with Crippen LogP contribution in [0, 0.1) is 0 Å². The van der Waals surface area contributed by atoms with Gasteiger partial charge in [0.2, 0.25) is 5.91 Å². The Kier molecular flexibility index (Phi) is 16.8. The van der Waals surface area contributed by atoms with Crippen LogP contribution < -0.4 is 10.6 Å². The molecule has 1 amide bonds. The number of hydrogen-bond donors (Lipinski definition) is 9. The number of aliphatic hydroxyl groups excluding tert-OH is 7. The molecule has 0 spiro atoms. The lowest BCUT2D eigenvalue weighted by atomic mass is 9.92. The molecule has 2 fully saturated rings. The Hall–Kier alpha value is -1.30. The number of carbonyl (C=O) groups excluding carboxylic acids is 2. The Balaban J connectivity index is 1.82. The van der Waals surface area contributed by atoms with Crippen LogP contribution in [0.3, 0.4) is 0 Å². The third-order valence-corrected chi connectivity index (χ3v) is 8.10. The number of unbranched alkanes of at least 4 members (excludes halogenated alkanes) is 2. The Morgan fingerprint density at radius 3 is 1.83 bits per heavy atom. The second kappa shape index (κ2) is 19.2. The van der Waals surface area contributed by atoms with Gasteiger partial charge in [0, 0.05) is 6.42 Å². The van der Waals surface area contributed by atoms with Gasteiger partial charge in [0.05, 0.1) is 38.0 Å². The molecule has 0 aromatic carbocycles. The maximum Gasteiger partial charge on any atom is 0.220 e. The summed E-state index contributed by atoms with van der Waals surface area (Å²) in [5, 5.41) is 75.6. The number of aliphatic hydroxyl groups is 7. The summed E-state index contributed by atoms with van der Waals surface area (Å²) < 4.78 is 11.3. The number of nitrogens with zero attached hydrogens (tertiary/aromatic N) is 1. The van der Waals surface area contributed by atoms with E-state index in [0.29, 0.717) is 51.6 Å². The minimum Gasteiger partial charge on any atom is -0.394 e. The van der Waals surface area contributed by atoms with E-state index < -0.39 is 67.6 Å². The van der Waals surface area contributed by atoms with Crippen molar-refractivity contribution < 1.29 is 54.8 Å². The van der Waals surface area contributed by atoms with Crippen LogP contribution in [0.15, 0.2) is 0 Å². The van der Waals surface area contributed by atoms with E-state index >= 15 is 0 Å². The molecular formula is C28H53N3O11. The van der Waals surface area contributed by atoms with E-state index in [4.69, 9.17) is 9.47 Å². The summed E-state index contributed by atoms with van der Waals surface area (Å²) in [5.74, 6) is -0.250. The molecule has 0 aromatic rings. The maximum atomic E-state index is 12.0. The Morgan fingerprint density at radius 2 is 1.24 bits per heavy atom. The monoisotopic (exact) mass is 607 g/mol. The molecule has 2 aliphatic rings. The van der Waals surface area contributed by atoms with E-state index in [1.807, 2.05) is 0 Å². The topological polar surface area (TPSA) is 222 Å². The van der Waals surface area contributed by atoms with Crippen LogP contribution in [-0.4, -0.2) is 160 Å². The molecule has 9 N–H and O–H groups in total. The van der Waals surface area contributed by atoms with Crippen LogP contribution in [0.4, 0.5) is 0 Å². The number of carbonyl (C=O) groups is 2. The summed E-state index contributed by atoms with van der Waals surface area (Å²) in [4.78, 5) is 25.7. The van der Waals surface area contributed by atoms with Crippen LogP contribution in [0.5, 0.6) is 0 Å². The van der Waals surface area contributed by atoms with Gasteiger partial charge in [-0.2, -0.15) is 0 Å². The third-order valence-electron chi connectivity index (χ3n) is 8.10. The van der Waals surface area contributed by atoms with Crippen molar-refractivity contribution in [2.75, 3.05) is 46.4 Å². The zero-order valence-electron chi connectivity index (χ0n) is 24.9. The molecular weight excluding hydrogens is 554 g/mol. The smallest absolute Gasteiger partial charge is 0.220 e. The summed E-state index contributed by atoms with van der Waals surface area (Å²) in [5.41, 5.74) is 0. The van der Waals surface area contributed by atoms with Gasteiger partial charge >= 0.3 is 0 Å². The fourth-order valence-corrected chi connectivity index (χ4v) is 5.50. The van der Waals surface area contributed by atoms with Crippen molar-refractivity contribution in [3.63, 3.8) is 0 Å². The molecule has 246 valence electrons. The number of Topliss-reactive ketones (excluding diaryl/α,β-unsaturated/α-hetero) is 1. The molecule has 0 unspecified atom stereocenters. The van der Waals surface area contributed by atoms with Crippen molar-refractivity contribution in [1.29, 1.82) is 0 Å². The highest BCUT2D eigenvalue weighted by atomic mass is 16.5. The Labute approximate surface area is 248 Å². The van der Waals surface area contributed by atoms with Crippen molar-refractivity contribution in [2.45, 2.75) is 119 Å². The molecule has 2 rings (SSSR count). The highest BCUT2D eigenvalue weighted by molar-refractivity contribution is 5.87. The minimum absolute atomic E-state index is 0.00999. The SMILES string of the molecule is CNCC(=O)CNC(=O)CCCCCN(CCC[C@@H]1O[C@@H](C)[C@@H](O)[C@@H](O)[C@@H]1O)CCC[C@H]1O[C@H](CO)[C@@H](O)[C@H](O)[C@H]1O. The molecule has 14 nitrogen and oxygen atoms in total. The van der Waals surface area contributed by atoms with E-state index in [9.17, 15) is 45.3 Å². The number of nitrogens with one attached hydrogen (secondary N) is 2. The van der Waals surface area contributed by atoms with E-state index in [-0.39, 0.29) is 24.8 Å². The molecule has 0 aromatic heterocycles. The number of ketones is 1. The van der Waals surface area contributed by atoms with Gasteiger partial charge in [0.25, 0.3) is 0 Å². The summed E-state index contributed by atoms with van der Waals surface area (Å²) >= 11 is 0. The quantitative estimate of drug-likeness (QED) is 0.0670. The molecule has 42 heavy (non-hydrogen) atoms. The fraction of sp³-hybridized carbons (Fsp3) is 0.929. The van der Waals surface area contributed by atoms with Gasteiger partial charge < -0.3 is 60.8 Å². The summed E-state index contributed by atoms with van der Waals surface area (Å²) in [6, 6.07) is 0. The first-order chi connectivity index (χ1) is 20.0. The number of rotatable bonds is 19. The standard InChI is InChI=1S/C28H53N3O11/c1-17-23(35)27(39)24(36)19(41-17)8-6-12-31(11-5-3-4-10-22(34)30-15-18(33)14-29-2)13-7-9-20-25(37)28(40)26(38)21(16-32)42-20/h17,19-21,23-29,32,35-40H,3-16H2,1-2H3,(H,30,34)/t17-,19-,20+,21+,23+,24+,25-,26+,27+,28+/m0/s1. The third kappa shape index (κ3) is 11.7. The van der Waals surface area contributed by atoms with E-state index in [1.165, 1.54) is 0 Å². The van der Waals surface area contributed by atoms with Crippen LogP contribution in [0.1, 0.15) is 58.3 Å². The van der Waals surface area contributed by atoms with Crippen LogP contribution in [0.25, 0.3) is 0 Å². The predicted molar refractivity (Wildman–Crippen MR) is 151 cm³/mol. The Bertz CT molecular complexity index is 792. The zero-order chi connectivity index (χ0) is 31.2. The number of amides is 1. The van der Waals surface area contributed by atoms with Gasteiger partial charge in [-0.15, -0.1) is 0 Å². The minimum atomic E-state index is -1.41. The van der Waals surface area contributed by atoms with Crippen molar-refractivity contribution in [3.05, 3.63) is 0 Å². The van der Waals surface area contributed by atoms with Gasteiger partial charge in [-0.3, -0.25) is 9.59 Å². The fourth-order valence-electron chi connectivity index (χ4n) is 5.50. The van der Waals surface area contributed by atoms with Crippen molar-refractivity contribution >= 4 is 11.7 Å². The molecule has 0 aliphatic carbocycles. The van der Waals surface area contributed by atoms with Crippen molar-refractivity contribution in [1.82, 2.24) is 15.5 Å². The molecule has 0 radical (unpaired) electrons. The van der Waals surface area contributed by atoms with Gasteiger partial charge in [-0.05, 0) is 72.1 Å². The number of hydrogen-bond acceptors (Lipinski definition) is 13. The second-order valence-electron chi connectivity index (χ2n) is 11.5. The largest absolute Gasteiger partial charge is 0.394 e. The highest BCUT2D eigenvalue weighted by Crippen LogP contribution is 2.25. The normalized spacial score (nSPS) is 33.6. The van der Waals surface area contributed by atoms with E-state index in [2.05, 4.69) is 15.5 Å². The summed E-state index contributed by atoms with van der Waals surface area (Å²) in [7, 11) is 1.67. The Morgan fingerprint density at radius 1 is 0.690 bits per heavy atom. The van der Waals surface area contributed by atoms with Crippen LogP contribution in [0.2, 0.25) is 0 Å². The van der Waals surface area contributed by atoms with Gasteiger partial charge in [0.1, 0.15) is 42.7 Å². The maximum absolute atomic E-state index is 12.0. The number of ether oxygens (including phenoxy) is 2. The van der Waals surface area contributed by atoms with Crippen LogP contribution >= 0.6 is 0 Å². The first-order valence-electron chi connectivity index (χ1n) is 15.2. The molecule has 2 heterocycles. The molecule has 10 atom stereocenters. The van der Waals surface area contributed by atoms with Crippen LogP contribution in [-0.2, 0) is 19.1 Å². The first-order valence-corrected chi connectivity index (χ1v) is 15.2. The van der Waals surface area contributed by atoms with Gasteiger partial charge in [0.15, 0.2) is 5.78 Å². The lowest BCUT2D eigenvalue weighted by Crippen LogP contribution is -2.58.